The minimum atomic E-state index is 0.146. The fourth-order valence-electron chi connectivity index (χ4n) is 3.00. The van der Waals surface area contributed by atoms with Crippen molar-refractivity contribution in [3.05, 3.63) is 0 Å². The predicted octanol–water partition coefficient (Wildman–Crippen LogP) is 1.18. The van der Waals surface area contributed by atoms with Gasteiger partial charge in [-0.1, -0.05) is 0 Å². The molecule has 0 aromatic heterocycles. The Hall–Kier alpha value is -1.10. The summed E-state index contributed by atoms with van der Waals surface area (Å²) in [7, 11) is 0. The Balaban J connectivity index is 1.61. The third kappa shape index (κ3) is 4.78. The van der Waals surface area contributed by atoms with Crippen LogP contribution in [0.4, 0.5) is 0 Å². The Morgan fingerprint density at radius 3 is 2.35 bits per heavy atom. The van der Waals surface area contributed by atoms with Gasteiger partial charge in [-0.15, -0.1) is 0 Å². The van der Waals surface area contributed by atoms with E-state index in [9.17, 15) is 9.59 Å². The summed E-state index contributed by atoms with van der Waals surface area (Å²) in [6, 6.07) is 0. The summed E-state index contributed by atoms with van der Waals surface area (Å²) in [6.07, 6.45) is 4.61. The third-order valence-electron chi connectivity index (χ3n) is 4.46. The Kier molecular flexibility index (Phi) is 5.83. The average molecular weight is 282 g/mol. The molecule has 0 aromatic carbocycles. The molecule has 114 valence electrons. The lowest BCUT2D eigenvalue weighted by Crippen LogP contribution is -2.39. The SMILES string of the molecule is CC(=O)N1CCC(CC(=O)NCC2CCOCC2)CC1. The van der Waals surface area contributed by atoms with Crippen molar-refractivity contribution in [2.24, 2.45) is 11.8 Å². The zero-order valence-corrected chi connectivity index (χ0v) is 12.4. The summed E-state index contributed by atoms with van der Waals surface area (Å²) in [4.78, 5) is 25.1. The monoisotopic (exact) mass is 282 g/mol. The van der Waals surface area contributed by atoms with Crippen molar-refractivity contribution >= 4 is 11.8 Å². The third-order valence-corrected chi connectivity index (χ3v) is 4.46. The molecule has 2 heterocycles. The second-order valence-corrected chi connectivity index (χ2v) is 6.01. The largest absolute Gasteiger partial charge is 0.381 e. The van der Waals surface area contributed by atoms with Gasteiger partial charge in [-0.2, -0.15) is 0 Å². The summed E-state index contributed by atoms with van der Waals surface area (Å²) < 4.78 is 5.31. The van der Waals surface area contributed by atoms with E-state index in [2.05, 4.69) is 5.32 Å². The number of likely N-dealkylation sites (tertiary alicyclic amines) is 1. The van der Waals surface area contributed by atoms with Crippen LogP contribution < -0.4 is 5.32 Å². The number of rotatable bonds is 4. The molecule has 2 rings (SSSR count). The van der Waals surface area contributed by atoms with E-state index in [4.69, 9.17) is 4.74 Å². The molecular weight excluding hydrogens is 256 g/mol. The van der Waals surface area contributed by atoms with E-state index in [-0.39, 0.29) is 11.8 Å². The van der Waals surface area contributed by atoms with Crippen molar-refractivity contribution in [1.29, 1.82) is 0 Å². The molecule has 2 amide bonds. The first-order valence-electron chi connectivity index (χ1n) is 7.75. The molecule has 0 radical (unpaired) electrons. The maximum atomic E-state index is 11.9. The number of hydrogen-bond acceptors (Lipinski definition) is 3. The van der Waals surface area contributed by atoms with Crippen molar-refractivity contribution in [1.82, 2.24) is 10.2 Å². The molecule has 0 unspecified atom stereocenters. The number of ether oxygens (including phenoxy) is 1. The van der Waals surface area contributed by atoms with Gasteiger partial charge in [0.25, 0.3) is 0 Å². The Morgan fingerprint density at radius 2 is 1.75 bits per heavy atom. The van der Waals surface area contributed by atoms with Crippen molar-refractivity contribution in [2.45, 2.75) is 39.0 Å². The lowest BCUT2D eigenvalue weighted by molar-refractivity contribution is -0.130. The van der Waals surface area contributed by atoms with E-state index in [0.717, 1.165) is 58.5 Å². The van der Waals surface area contributed by atoms with Gasteiger partial charge in [0, 0.05) is 46.2 Å². The number of nitrogens with one attached hydrogen (secondary N) is 1. The van der Waals surface area contributed by atoms with Gasteiger partial charge in [0.1, 0.15) is 0 Å². The van der Waals surface area contributed by atoms with Gasteiger partial charge in [0.15, 0.2) is 0 Å². The molecule has 5 heteroatoms. The van der Waals surface area contributed by atoms with Crippen LogP contribution >= 0.6 is 0 Å². The first kappa shape index (κ1) is 15.3. The summed E-state index contributed by atoms with van der Waals surface area (Å²) in [5.41, 5.74) is 0. The van der Waals surface area contributed by atoms with Crippen LogP contribution in [0.5, 0.6) is 0 Å². The maximum Gasteiger partial charge on any atom is 0.220 e. The molecule has 0 spiro atoms. The topological polar surface area (TPSA) is 58.6 Å². The van der Waals surface area contributed by atoms with Gasteiger partial charge in [-0.25, -0.2) is 0 Å². The van der Waals surface area contributed by atoms with E-state index in [1.165, 1.54) is 0 Å². The number of carbonyl (C=O) groups excluding carboxylic acids is 2. The Morgan fingerprint density at radius 1 is 1.10 bits per heavy atom. The van der Waals surface area contributed by atoms with Crippen molar-refractivity contribution < 1.29 is 14.3 Å². The van der Waals surface area contributed by atoms with E-state index >= 15 is 0 Å². The highest BCUT2D eigenvalue weighted by Gasteiger charge is 2.23. The molecular formula is C15H26N2O3. The smallest absolute Gasteiger partial charge is 0.220 e. The number of piperidine rings is 1. The van der Waals surface area contributed by atoms with Crippen LogP contribution in [0.2, 0.25) is 0 Å². The molecule has 2 aliphatic heterocycles. The van der Waals surface area contributed by atoms with Crippen LogP contribution in [0, 0.1) is 11.8 Å². The van der Waals surface area contributed by atoms with Gasteiger partial charge >= 0.3 is 0 Å². The second-order valence-electron chi connectivity index (χ2n) is 6.01. The summed E-state index contributed by atoms with van der Waals surface area (Å²) in [5.74, 6) is 1.32. The van der Waals surface area contributed by atoms with Crippen LogP contribution in [-0.2, 0) is 14.3 Å². The van der Waals surface area contributed by atoms with Gasteiger partial charge in [0.05, 0.1) is 0 Å². The minimum Gasteiger partial charge on any atom is -0.381 e. The lowest BCUT2D eigenvalue weighted by atomic mass is 9.93. The fraction of sp³-hybridized carbons (Fsp3) is 0.867. The van der Waals surface area contributed by atoms with Crippen molar-refractivity contribution in [3.8, 4) is 0 Å². The molecule has 1 N–H and O–H groups in total. The zero-order valence-electron chi connectivity index (χ0n) is 12.4. The summed E-state index contributed by atoms with van der Waals surface area (Å²) in [5, 5.41) is 3.06. The van der Waals surface area contributed by atoms with E-state index in [1.807, 2.05) is 4.90 Å². The number of amides is 2. The molecule has 20 heavy (non-hydrogen) atoms. The molecule has 0 atom stereocenters. The normalized spacial score (nSPS) is 21.8. The van der Waals surface area contributed by atoms with Crippen LogP contribution in [0.1, 0.15) is 39.0 Å². The fourth-order valence-corrected chi connectivity index (χ4v) is 3.00. The van der Waals surface area contributed by atoms with Gasteiger partial charge in [0.2, 0.25) is 11.8 Å². The molecule has 0 saturated carbocycles. The zero-order chi connectivity index (χ0) is 14.4. The highest BCUT2D eigenvalue weighted by atomic mass is 16.5. The molecule has 5 nitrogen and oxygen atoms in total. The van der Waals surface area contributed by atoms with Crippen LogP contribution in [-0.4, -0.2) is 49.6 Å². The number of hydrogen-bond donors (Lipinski definition) is 1. The lowest BCUT2D eigenvalue weighted by Gasteiger charge is -2.31. The highest BCUT2D eigenvalue weighted by Crippen LogP contribution is 2.20. The molecule has 0 aliphatic carbocycles. The summed E-state index contributed by atoms with van der Waals surface area (Å²) in [6.45, 7) is 5.64. The van der Waals surface area contributed by atoms with Crippen LogP contribution in [0.3, 0.4) is 0 Å². The molecule has 2 aliphatic rings. The second kappa shape index (κ2) is 7.62. The van der Waals surface area contributed by atoms with Crippen LogP contribution in [0.25, 0.3) is 0 Å². The van der Waals surface area contributed by atoms with Gasteiger partial charge < -0.3 is 15.0 Å². The van der Waals surface area contributed by atoms with E-state index in [0.29, 0.717) is 18.3 Å². The van der Waals surface area contributed by atoms with Crippen molar-refractivity contribution in [3.63, 3.8) is 0 Å². The van der Waals surface area contributed by atoms with Crippen LogP contribution in [0.15, 0.2) is 0 Å². The standard InChI is InChI=1S/C15H26N2O3/c1-12(18)17-6-2-13(3-7-17)10-15(19)16-11-14-4-8-20-9-5-14/h13-14H,2-11H2,1H3,(H,16,19). The Labute approximate surface area is 121 Å². The molecule has 0 bridgehead atoms. The average Bonchev–Trinajstić information content (AvgIpc) is 2.47. The first-order valence-corrected chi connectivity index (χ1v) is 7.75. The molecule has 0 aromatic rings. The van der Waals surface area contributed by atoms with E-state index in [1.54, 1.807) is 6.92 Å². The molecule has 2 fully saturated rings. The van der Waals surface area contributed by atoms with E-state index < -0.39 is 0 Å². The number of nitrogens with zero attached hydrogens (tertiary/aromatic N) is 1. The minimum absolute atomic E-state index is 0.146. The van der Waals surface area contributed by atoms with Gasteiger partial charge in [-0.05, 0) is 37.5 Å². The first-order chi connectivity index (χ1) is 9.65. The number of carbonyl (C=O) groups is 2. The summed E-state index contributed by atoms with van der Waals surface area (Å²) >= 11 is 0. The molecule has 2 saturated heterocycles. The Bertz CT molecular complexity index is 332. The maximum absolute atomic E-state index is 11.9. The van der Waals surface area contributed by atoms with Crippen molar-refractivity contribution in [2.75, 3.05) is 32.8 Å². The van der Waals surface area contributed by atoms with Gasteiger partial charge in [-0.3, -0.25) is 9.59 Å². The predicted molar refractivity (Wildman–Crippen MR) is 76.1 cm³/mol. The quantitative estimate of drug-likeness (QED) is 0.842. The highest BCUT2D eigenvalue weighted by molar-refractivity contribution is 5.76.